The number of fused-ring (bicyclic) bond motifs is 1. The van der Waals surface area contributed by atoms with E-state index in [1.165, 1.54) is 11.3 Å². The number of nitrogen functional groups attached to an aromatic ring is 1. The first-order valence-electron chi connectivity index (χ1n) is 3.72. The van der Waals surface area contributed by atoms with Crippen LogP contribution in [0.3, 0.4) is 0 Å². The third kappa shape index (κ3) is 0.827. The van der Waals surface area contributed by atoms with Crippen LogP contribution in [0.4, 0.5) is 11.4 Å². The Balaban J connectivity index is 2.67. The van der Waals surface area contributed by atoms with Crippen LogP contribution in [-0.2, 0) is 6.42 Å². The Labute approximate surface area is 66.0 Å². The summed E-state index contributed by atoms with van der Waals surface area (Å²) in [6.45, 7) is 0. The lowest BCUT2D eigenvalue weighted by Gasteiger charge is -1.97. The molecular weight excluding hydrogens is 136 g/mol. The lowest BCUT2D eigenvalue weighted by Crippen LogP contribution is -1.97. The van der Waals surface area contributed by atoms with Gasteiger partial charge in [0.1, 0.15) is 18.9 Å². The van der Waals surface area contributed by atoms with Gasteiger partial charge in [-0.3, -0.25) is 0 Å². The van der Waals surface area contributed by atoms with E-state index in [0.717, 1.165) is 12.1 Å². The minimum absolute atomic E-state index is 0.874. The van der Waals surface area contributed by atoms with E-state index < -0.39 is 0 Å². The highest BCUT2D eigenvalue weighted by Crippen LogP contribution is 2.28. The quantitative estimate of drug-likeness (QED) is 0.433. The largest absolute Gasteiger partial charge is 0.393 e. The number of para-hydroxylation sites is 1. The van der Waals surface area contributed by atoms with Crippen molar-refractivity contribution < 1.29 is 4.58 Å². The van der Waals surface area contributed by atoms with Crippen molar-refractivity contribution in [3.05, 3.63) is 23.8 Å². The third-order valence-electron chi connectivity index (χ3n) is 2.09. The van der Waals surface area contributed by atoms with Gasteiger partial charge in [-0.1, -0.05) is 12.1 Å². The Morgan fingerprint density at radius 1 is 1.45 bits per heavy atom. The molecule has 11 heavy (non-hydrogen) atoms. The summed E-state index contributed by atoms with van der Waals surface area (Å²) in [6, 6.07) is 6.06. The second-order valence-electron chi connectivity index (χ2n) is 2.85. The van der Waals surface area contributed by atoms with E-state index in [4.69, 9.17) is 5.73 Å². The smallest absolute Gasteiger partial charge is 0.231 e. The predicted octanol–water partition coefficient (Wildman–Crippen LogP) is 1.17. The fraction of sp³-hybridized carbons (Fsp3) is 0.222. The summed E-state index contributed by atoms with van der Waals surface area (Å²) in [7, 11) is 2.03. The van der Waals surface area contributed by atoms with Crippen LogP contribution < -0.4 is 5.73 Å². The normalized spacial score (nSPS) is 14.5. The molecule has 0 saturated carbocycles. The fourth-order valence-corrected chi connectivity index (χ4v) is 1.53. The SMILES string of the molecule is C[N+]1=CCc2cccc(N)c21. The Kier molecular flexibility index (Phi) is 1.22. The number of nitrogens with zero attached hydrogens (tertiary/aromatic N) is 1. The molecule has 2 heteroatoms. The Morgan fingerprint density at radius 2 is 2.27 bits per heavy atom. The second kappa shape index (κ2) is 2.09. The molecule has 2 nitrogen and oxygen atoms in total. The first kappa shape index (κ1) is 6.40. The van der Waals surface area contributed by atoms with E-state index in [2.05, 4.69) is 16.9 Å². The van der Waals surface area contributed by atoms with Crippen molar-refractivity contribution in [3.8, 4) is 0 Å². The second-order valence-corrected chi connectivity index (χ2v) is 2.85. The maximum Gasteiger partial charge on any atom is 0.231 e. The summed E-state index contributed by atoms with van der Waals surface area (Å²) in [4.78, 5) is 0. The van der Waals surface area contributed by atoms with Crippen LogP contribution in [0.5, 0.6) is 0 Å². The fourth-order valence-electron chi connectivity index (χ4n) is 1.53. The lowest BCUT2D eigenvalue weighted by atomic mass is 10.1. The summed E-state index contributed by atoms with van der Waals surface area (Å²) in [5.41, 5.74) is 9.17. The van der Waals surface area contributed by atoms with Crippen LogP contribution in [-0.4, -0.2) is 17.8 Å². The number of hydrogen-bond donors (Lipinski definition) is 1. The minimum Gasteiger partial charge on any atom is -0.393 e. The Hall–Kier alpha value is -1.31. The average molecular weight is 147 g/mol. The monoisotopic (exact) mass is 147 g/mol. The van der Waals surface area contributed by atoms with E-state index in [0.29, 0.717) is 0 Å². The highest BCUT2D eigenvalue weighted by Gasteiger charge is 2.19. The summed E-state index contributed by atoms with van der Waals surface area (Å²) in [5, 5.41) is 0. The Morgan fingerprint density at radius 3 is 3.00 bits per heavy atom. The molecule has 0 fully saturated rings. The molecule has 0 amide bonds. The Bertz CT molecular complexity index is 326. The van der Waals surface area contributed by atoms with Gasteiger partial charge in [-0.2, -0.15) is 0 Å². The highest BCUT2D eigenvalue weighted by molar-refractivity contribution is 5.74. The first-order chi connectivity index (χ1) is 5.29. The number of benzene rings is 1. The summed E-state index contributed by atoms with van der Waals surface area (Å²) in [5.74, 6) is 0. The van der Waals surface area contributed by atoms with Gasteiger partial charge in [0.05, 0.1) is 6.42 Å². The first-order valence-corrected chi connectivity index (χ1v) is 3.72. The molecule has 56 valence electrons. The molecule has 1 aliphatic heterocycles. The van der Waals surface area contributed by atoms with Crippen molar-refractivity contribution in [1.29, 1.82) is 0 Å². The number of rotatable bonds is 0. The number of hydrogen-bond acceptors (Lipinski definition) is 1. The van der Waals surface area contributed by atoms with Crippen LogP contribution in [0, 0.1) is 0 Å². The van der Waals surface area contributed by atoms with Crippen LogP contribution in [0.25, 0.3) is 0 Å². The molecule has 0 radical (unpaired) electrons. The van der Waals surface area contributed by atoms with E-state index in [1.807, 2.05) is 19.2 Å². The van der Waals surface area contributed by atoms with Crippen molar-refractivity contribution in [2.45, 2.75) is 6.42 Å². The van der Waals surface area contributed by atoms with Gasteiger partial charge in [0.25, 0.3) is 0 Å². The molecule has 0 unspecified atom stereocenters. The highest BCUT2D eigenvalue weighted by atomic mass is 15.0. The molecule has 0 spiro atoms. The van der Waals surface area contributed by atoms with E-state index in [-0.39, 0.29) is 0 Å². The van der Waals surface area contributed by atoms with Crippen LogP contribution in [0.15, 0.2) is 18.2 Å². The third-order valence-corrected chi connectivity index (χ3v) is 2.09. The van der Waals surface area contributed by atoms with Crippen molar-refractivity contribution in [1.82, 2.24) is 0 Å². The minimum atomic E-state index is 0.874. The predicted molar refractivity (Wildman–Crippen MR) is 46.5 cm³/mol. The van der Waals surface area contributed by atoms with Gasteiger partial charge < -0.3 is 5.73 Å². The molecule has 2 rings (SSSR count). The zero-order valence-corrected chi connectivity index (χ0v) is 6.54. The van der Waals surface area contributed by atoms with Crippen LogP contribution in [0.1, 0.15) is 5.56 Å². The maximum absolute atomic E-state index is 5.80. The van der Waals surface area contributed by atoms with Crippen molar-refractivity contribution in [2.24, 2.45) is 0 Å². The molecule has 0 atom stereocenters. The lowest BCUT2D eigenvalue weighted by molar-refractivity contribution is -0.395. The molecule has 1 aromatic rings. The maximum atomic E-state index is 5.80. The van der Waals surface area contributed by atoms with E-state index in [9.17, 15) is 0 Å². The molecule has 1 heterocycles. The molecule has 1 aliphatic rings. The molecule has 1 aromatic carbocycles. The van der Waals surface area contributed by atoms with Gasteiger partial charge in [-0.25, -0.2) is 4.58 Å². The van der Waals surface area contributed by atoms with Crippen LogP contribution >= 0.6 is 0 Å². The molecule has 0 aromatic heterocycles. The molecule has 2 N–H and O–H groups in total. The van der Waals surface area contributed by atoms with Gasteiger partial charge in [-0.05, 0) is 6.07 Å². The van der Waals surface area contributed by atoms with Gasteiger partial charge >= 0.3 is 0 Å². The van der Waals surface area contributed by atoms with Gasteiger partial charge in [-0.15, -0.1) is 0 Å². The summed E-state index contributed by atoms with van der Waals surface area (Å²) in [6.07, 6.45) is 3.15. The van der Waals surface area contributed by atoms with Crippen molar-refractivity contribution in [3.63, 3.8) is 0 Å². The van der Waals surface area contributed by atoms with Gasteiger partial charge in [0, 0.05) is 5.56 Å². The van der Waals surface area contributed by atoms with E-state index in [1.54, 1.807) is 0 Å². The van der Waals surface area contributed by atoms with E-state index >= 15 is 0 Å². The number of nitrogens with two attached hydrogens (primary N) is 1. The molecule has 0 aliphatic carbocycles. The number of anilines is 1. The van der Waals surface area contributed by atoms with Crippen molar-refractivity contribution in [2.75, 3.05) is 12.8 Å². The van der Waals surface area contributed by atoms with Crippen LogP contribution in [0.2, 0.25) is 0 Å². The topological polar surface area (TPSA) is 29.0 Å². The summed E-state index contributed by atoms with van der Waals surface area (Å²) >= 11 is 0. The average Bonchev–Trinajstić information content (AvgIpc) is 2.34. The zero-order valence-electron chi connectivity index (χ0n) is 6.54. The summed E-state index contributed by atoms with van der Waals surface area (Å²) < 4.78 is 2.09. The molecule has 0 bridgehead atoms. The van der Waals surface area contributed by atoms with Gasteiger partial charge in [0.2, 0.25) is 5.69 Å². The molecule has 0 saturated heterocycles. The van der Waals surface area contributed by atoms with Crippen molar-refractivity contribution >= 4 is 17.6 Å². The standard InChI is InChI=1S/C9H11N2/c1-11-6-5-7-3-2-4-8(10)9(7)11/h2-4,6H,5,10H2,1H3/q+1. The molecular formula is C9H11N2+. The van der Waals surface area contributed by atoms with Gasteiger partial charge in [0.15, 0.2) is 0 Å². The zero-order chi connectivity index (χ0) is 7.84.